The normalized spacial score (nSPS) is 11.1. The maximum Gasteiger partial charge on any atom is 0.263 e. The van der Waals surface area contributed by atoms with Gasteiger partial charge in [-0.05, 0) is 37.6 Å². The van der Waals surface area contributed by atoms with Crippen LogP contribution in [0.15, 0.2) is 47.5 Å². The smallest absolute Gasteiger partial charge is 0.263 e. The predicted octanol–water partition coefficient (Wildman–Crippen LogP) is 2.39. The zero-order valence-corrected chi connectivity index (χ0v) is 11.9. The fourth-order valence-corrected chi connectivity index (χ4v) is 2.60. The van der Waals surface area contributed by atoms with Crippen LogP contribution >= 0.6 is 0 Å². The van der Waals surface area contributed by atoms with Crippen molar-refractivity contribution in [3.05, 3.63) is 53.7 Å². The zero-order chi connectivity index (χ0) is 14.8. The Labute approximate surface area is 117 Å². The number of ketones is 1. The molecule has 5 nitrogen and oxygen atoms in total. The molecule has 0 aliphatic carbocycles. The van der Waals surface area contributed by atoms with Crippen LogP contribution in [0.25, 0.3) is 0 Å². The van der Waals surface area contributed by atoms with Crippen molar-refractivity contribution in [3.63, 3.8) is 0 Å². The molecule has 1 heterocycles. The fraction of sp³-hybridized carbons (Fsp3) is 0.143. The third-order valence-corrected chi connectivity index (χ3v) is 4.09. The number of aryl methyl sites for hydroxylation is 1. The molecule has 1 aromatic carbocycles. The summed E-state index contributed by atoms with van der Waals surface area (Å²) in [6.07, 6.45) is 1.58. The number of aromatic nitrogens is 1. The Kier molecular flexibility index (Phi) is 3.85. The molecule has 0 atom stereocenters. The van der Waals surface area contributed by atoms with Gasteiger partial charge in [0.25, 0.3) is 10.0 Å². The van der Waals surface area contributed by atoms with E-state index in [0.29, 0.717) is 5.56 Å². The molecular weight excluding hydrogens is 276 g/mol. The summed E-state index contributed by atoms with van der Waals surface area (Å²) in [6, 6.07) is 9.12. The van der Waals surface area contributed by atoms with Crippen molar-refractivity contribution in [2.75, 3.05) is 4.72 Å². The minimum Gasteiger partial charge on any atom is -0.295 e. The van der Waals surface area contributed by atoms with Crippen LogP contribution in [0.4, 0.5) is 5.82 Å². The van der Waals surface area contributed by atoms with Crippen LogP contribution in [-0.2, 0) is 10.0 Å². The van der Waals surface area contributed by atoms with Crippen LogP contribution in [0.5, 0.6) is 0 Å². The van der Waals surface area contributed by atoms with Crippen LogP contribution < -0.4 is 4.72 Å². The lowest BCUT2D eigenvalue weighted by Crippen LogP contribution is -2.14. The average molecular weight is 290 g/mol. The minimum atomic E-state index is -3.69. The van der Waals surface area contributed by atoms with Gasteiger partial charge in [-0.15, -0.1) is 0 Å². The molecule has 0 aliphatic rings. The number of rotatable bonds is 4. The molecule has 0 spiro atoms. The number of nitrogens with one attached hydrogen (secondary N) is 1. The van der Waals surface area contributed by atoms with Crippen molar-refractivity contribution >= 4 is 21.6 Å². The highest BCUT2D eigenvalue weighted by atomic mass is 32.2. The second-order valence-electron chi connectivity index (χ2n) is 4.41. The molecule has 1 aromatic heterocycles. The van der Waals surface area contributed by atoms with E-state index >= 15 is 0 Å². The summed E-state index contributed by atoms with van der Waals surface area (Å²) in [6.45, 7) is 3.30. The van der Waals surface area contributed by atoms with E-state index < -0.39 is 10.0 Å². The van der Waals surface area contributed by atoms with Gasteiger partial charge in [-0.25, -0.2) is 13.4 Å². The van der Waals surface area contributed by atoms with Gasteiger partial charge in [0.1, 0.15) is 5.82 Å². The Balaban J connectivity index is 2.26. The highest BCUT2D eigenvalue weighted by Crippen LogP contribution is 2.15. The van der Waals surface area contributed by atoms with E-state index in [1.165, 1.54) is 31.2 Å². The van der Waals surface area contributed by atoms with Crippen LogP contribution in [0, 0.1) is 6.92 Å². The molecule has 0 radical (unpaired) electrons. The van der Waals surface area contributed by atoms with Crippen LogP contribution in [0.3, 0.4) is 0 Å². The van der Waals surface area contributed by atoms with E-state index in [-0.39, 0.29) is 16.5 Å². The molecule has 2 aromatic rings. The lowest BCUT2D eigenvalue weighted by molar-refractivity contribution is 0.101. The van der Waals surface area contributed by atoms with E-state index in [0.717, 1.165) is 5.56 Å². The summed E-state index contributed by atoms with van der Waals surface area (Å²) in [5.41, 5.74) is 1.41. The zero-order valence-electron chi connectivity index (χ0n) is 11.1. The van der Waals surface area contributed by atoms with Gasteiger partial charge in [0.05, 0.1) is 4.90 Å². The van der Waals surface area contributed by atoms with Gasteiger partial charge in [-0.1, -0.05) is 18.2 Å². The Morgan fingerprint density at radius 2 is 1.75 bits per heavy atom. The molecule has 6 heteroatoms. The molecule has 0 bridgehead atoms. The first-order valence-electron chi connectivity index (χ1n) is 5.95. The standard InChI is InChI=1S/C14H14N2O3S/c1-10-3-8-14(15-9-10)16-20(18,19)13-6-4-12(5-7-13)11(2)17/h3-9H,1-2H3,(H,15,16). The van der Waals surface area contributed by atoms with Crippen molar-refractivity contribution < 1.29 is 13.2 Å². The highest BCUT2D eigenvalue weighted by Gasteiger charge is 2.15. The van der Waals surface area contributed by atoms with Crippen LogP contribution in [0.1, 0.15) is 22.8 Å². The maximum atomic E-state index is 12.1. The lowest BCUT2D eigenvalue weighted by Gasteiger charge is -2.07. The Morgan fingerprint density at radius 1 is 1.10 bits per heavy atom. The Hall–Kier alpha value is -2.21. The van der Waals surface area contributed by atoms with Gasteiger partial charge in [0.15, 0.2) is 5.78 Å². The monoisotopic (exact) mass is 290 g/mol. The van der Waals surface area contributed by atoms with Gasteiger partial charge in [-0.2, -0.15) is 0 Å². The van der Waals surface area contributed by atoms with E-state index in [1.54, 1.807) is 18.3 Å². The minimum absolute atomic E-state index is 0.0878. The topological polar surface area (TPSA) is 76.1 Å². The summed E-state index contributed by atoms with van der Waals surface area (Å²) in [5, 5.41) is 0. The molecule has 1 N–H and O–H groups in total. The number of pyridine rings is 1. The number of hydrogen-bond donors (Lipinski definition) is 1. The number of carbonyl (C=O) groups is 1. The van der Waals surface area contributed by atoms with Crippen molar-refractivity contribution in [1.82, 2.24) is 4.98 Å². The molecule has 0 saturated heterocycles. The Bertz CT molecular complexity index is 720. The summed E-state index contributed by atoms with van der Waals surface area (Å²) in [5.74, 6) is 0.147. The highest BCUT2D eigenvalue weighted by molar-refractivity contribution is 7.92. The molecular formula is C14H14N2O3S. The summed E-state index contributed by atoms with van der Waals surface area (Å²) in [4.78, 5) is 15.2. The second kappa shape index (κ2) is 5.42. The van der Waals surface area contributed by atoms with E-state index in [1.807, 2.05) is 6.92 Å². The molecule has 0 aliphatic heterocycles. The van der Waals surface area contributed by atoms with Gasteiger partial charge in [0.2, 0.25) is 0 Å². The van der Waals surface area contributed by atoms with E-state index in [9.17, 15) is 13.2 Å². The van der Waals surface area contributed by atoms with Gasteiger partial charge < -0.3 is 0 Å². The largest absolute Gasteiger partial charge is 0.295 e. The maximum absolute atomic E-state index is 12.1. The van der Waals surface area contributed by atoms with Crippen molar-refractivity contribution in [3.8, 4) is 0 Å². The third kappa shape index (κ3) is 3.21. The molecule has 20 heavy (non-hydrogen) atoms. The number of anilines is 1. The molecule has 2 rings (SSSR count). The van der Waals surface area contributed by atoms with E-state index in [2.05, 4.69) is 9.71 Å². The first-order valence-corrected chi connectivity index (χ1v) is 7.43. The van der Waals surface area contributed by atoms with Crippen molar-refractivity contribution in [1.29, 1.82) is 0 Å². The summed E-state index contributed by atoms with van der Waals surface area (Å²) >= 11 is 0. The number of carbonyl (C=O) groups excluding carboxylic acids is 1. The van der Waals surface area contributed by atoms with Crippen molar-refractivity contribution in [2.45, 2.75) is 18.7 Å². The number of hydrogen-bond acceptors (Lipinski definition) is 4. The quantitative estimate of drug-likeness (QED) is 0.877. The average Bonchev–Trinajstić information content (AvgIpc) is 2.41. The summed E-state index contributed by atoms with van der Waals surface area (Å²) < 4.78 is 26.6. The molecule has 0 saturated carbocycles. The lowest BCUT2D eigenvalue weighted by atomic mass is 10.2. The summed E-state index contributed by atoms with van der Waals surface area (Å²) in [7, 11) is -3.69. The van der Waals surface area contributed by atoms with Gasteiger partial charge >= 0.3 is 0 Å². The number of sulfonamides is 1. The molecule has 0 amide bonds. The molecule has 0 unspecified atom stereocenters. The van der Waals surface area contributed by atoms with Gasteiger partial charge in [0, 0.05) is 11.8 Å². The Morgan fingerprint density at radius 3 is 2.25 bits per heavy atom. The number of nitrogens with zero attached hydrogens (tertiary/aromatic N) is 1. The number of Topliss-reactive ketones (excluding diaryl/α,β-unsaturated/α-hetero) is 1. The first kappa shape index (κ1) is 14.2. The van der Waals surface area contributed by atoms with E-state index in [4.69, 9.17) is 0 Å². The third-order valence-electron chi connectivity index (χ3n) is 2.72. The SMILES string of the molecule is CC(=O)c1ccc(S(=O)(=O)Nc2ccc(C)cn2)cc1. The van der Waals surface area contributed by atoms with Crippen LogP contribution in [0.2, 0.25) is 0 Å². The first-order chi connectivity index (χ1) is 9.38. The fourth-order valence-electron chi connectivity index (χ4n) is 1.59. The van der Waals surface area contributed by atoms with Crippen LogP contribution in [-0.4, -0.2) is 19.2 Å². The number of benzene rings is 1. The predicted molar refractivity (Wildman–Crippen MR) is 76.2 cm³/mol. The molecule has 104 valence electrons. The molecule has 0 fully saturated rings. The van der Waals surface area contributed by atoms with Crippen molar-refractivity contribution in [2.24, 2.45) is 0 Å². The second-order valence-corrected chi connectivity index (χ2v) is 6.09. The van der Waals surface area contributed by atoms with Gasteiger partial charge in [-0.3, -0.25) is 9.52 Å².